The minimum absolute atomic E-state index is 0.103. The topological polar surface area (TPSA) is 56.1 Å². The van der Waals surface area contributed by atoms with Gasteiger partial charge in [-0.2, -0.15) is 0 Å². The van der Waals surface area contributed by atoms with Crippen LogP contribution in [-0.2, 0) is 11.3 Å². The fourth-order valence-corrected chi connectivity index (χ4v) is 0.901. The number of epoxide rings is 1. The highest BCUT2D eigenvalue weighted by Gasteiger charge is 2.38. The van der Waals surface area contributed by atoms with Crippen molar-refractivity contribution in [3.8, 4) is 0 Å². The minimum Gasteiger partial charge on any atom is -0.370 e. The second-order valence-corrected chi connectivity index (χ2v) is 3.06. The lowest BCUT2D eigenvalue weighted by atomic mass is 10.1. The average molecular weight is 154 g/mol. The van der Waals surface area contributed by atoms with Crippen LogP contribution in [0.4, 0.5) is 0 Å². The Morgan fingerprint density at radius 1 is 1.73 bits per heavy atom. The van der Waals surface area contributed by atoms with E-state index in [0.717, 1.165) is 19.6 Å². The number of nitrogens with zero attached hydrogens (tertiary/aromatic N) is 4. The van der Waals surface area contributed by atoms with E-state index in [1.54, 1.807) is 11.0 Å². The van der Waals surface area contributed by atoms with Gasteiger partial charge in [0.1, 0.15) is 6.33 Å². The molecule has 1 aliphatic heterocycles. The normalized spacial score (nSPS) is 28.8. The molecule has 1 unspecified atom stereocenters. The van der Waals surface area contributed by atoms with Crippen LogP contribution in [-0.4, -0.2) is 32.4 Å². The SMILES string of the molecule is CC1(CCn2cnnn2)CO1. The van der Waals surface area contributed by atoms with Gasteiger partial charge in [0, 0.05) is 6.54 Å². The van der Waals surface area contributed by atoms with E-state index in [2.05, 4.69) is 22.4 Å². The molecule has 0 spiro atoms. The number of hydrogen-bond acceptors (Lipinski definition) is 4. The van der Waals surface area contributed by atoms with E-state index < -0.39 is 0 Å². The van der Waals surface area contributed by atoms with Gasteiger partial charge < -0.3 is 4.74 Å². The molecule has 0 aliphatic carbocycles. The van der Waals surface area contributed by atoms with E-state index in [1.807, 2.05) is 0 Å². The summed E-state index contributed by atoms with van der Waals surface area (Å²) in [5.41, 5.74) is 0.103. The zero-order valence-corrected chi connectivity index (χ0v) is 6.40. The van der Waals surface area contributed by atoms with Gasteiger partial charge in [-0.25, -0.2) is 4.68 Å². The van der Waals surface area contributed by atoms with Crippen LogP contribution in [0.3, 0.4) is 0 Å². The molecule has 1 atom stereocenters. The molecule has 11 heavy (non-hydrogen) atoms. The third kappa shape index (κ3) is 1.54. The monoisotopic (exact) mass is 154 g/mol. The molecular formula is C6H10N4O. The number of aryl methyl sites for hydroxylation is 1. The zero-order chi connectivity index (χ0) is 7.73. The van der Waals surface area contributed by atoms with Crippen LogP contribution in [0.2, 0.25) is 0 Å². The van der Waals surface area contributed by atoms with Gasteiger partial charge in [-0.3, -0.25) is 0 Å². The molecule has 0 radical (unpaired) electrons. The number of ether oxygens (including phenoxy) is 1. The predicted octanol–water partition coefficient (Wildman–Crippen LogP) is -0.148. The maximum atomic E-state index is 5.21. The second kappa shape index (κ2) is 2.27. The smallest absolute Gasteiger partial charge is 0.138 e. The van der Waals surface area contributed by atoms with Gasteiger partial charge in [0.25, 0.3) is 0 Å². The molecule has 0 amide bonds. The highest BCUT2D eigenvalue weighted by Crippen LogP contribution is 2.29. The van der Waals surface area contributed by atoms with Crippen LogP contribution < -0.4 is 0 Å². The van der Waals surface area contributed by atoms with Crippen molar-refractivity contribution in [2.75, 3.05) is 6.61 Å². The quantitative estimate of drug-likeness (QED) is 0.568. The summed E-state index contributed by atoms with van der Waals surface area (Å²) in [5, 5.41) is 10.8. The minimum atomic E-state index is 0.103. The molecule has 60 valence electrons. The maximum absolute atomic E-state index is 5.21. The summed E-state index contributed by atoms with van der Waals surface area (Å²) in [6.45, 7) is 3.80. The van der Waals surface area contributed by atoms with Crippen molar-refractivity contribution in [3.05, 3.63) is 6.33 Å². The Morgan fingerprint density at radius 3 is 3.09 bits per heavy atom. The first-order chi connectivity index (χ1) is 5.29. The van der Waals surface area contributed by atoms with Crippen molar-refractivity contribution in [2.45, 2.75) is 25.5 Å². The fourth-order valence-electron chi connectivity index (χ4n) is 0.901. The number of hydrogen-bond donors (Lipinski definition) is 0. The summed E-state index contributed by atoms with van der Waals surface area (Å²) in [6, 6.07) is 0. The first-order valence-corrected chi connectivity index (χ1v) is 3.63. The molecule has 0 N–H and O–H groups in total. The van der Waals surface area contributed by atoms with Crippen LogP contribution in [0.15, 0.2) is 6.33 Å². The van der Waals surface area contributed by atoms with Crippen LogP contribution >= 0.6 is 0 Å². The zero-order valence-electron chi connectivity index (χ0n) is 6.40. The standard InChI is InChI=1S/C6H10N4O/c1-6(4-11-6)2-3-10-5-7-8-9-10/h5H,2-4H2,1H3. The van der Waals surface area contributed by atoms with Crippen LogP contribution in [0.25, 0.3) is 0 Å². The molecule has 2 rings (SSSR count). The second-order valence-electron chi connectivity index (χ2n) is 3.06. The predicted molar refractivity (Wildman–Crippen MR) is 36.8 cm³/mol. The Bertz CT molecular complexity index is 229. The Labute approximate surface area is 64.3 Å². The van der Waals surface area contributed by atoms with E-state index in [-0.39, 0.29) is 5.60 Å². The van der Waals surface area contributed by atoms with E-state index in [0.29, 0.717) is 0 Å². The molecular weight excluding hydrogens is 144 g/mol. The van der Waals surface area contributed by atoms with Crippen molar-refractivity contribution < 1.29 is 4.74 Å². The van der Waals surface area contributed by atoms with Gasteiger partial charge in [0.05, 0.1) is 12.2 Å². The summed E-state index contributed by atoms with van der Waals surface area (Å²) < 4.78 is 6.93. The van der Waals surface area contributed by atoms with E-state index in [1.165, 1.54) is 0 Å². The highest BCUT2D eigenvalue weighted by molar-refractivity contribution is 4.86. The average Bonchev–Trinajstić information content (AvgIpc) is 2.53. The number of tetrazole rings is 1. The van der Waals surface area contributed by atoms with Crippen LogP contribution in [0.1, 0.15) is 13.3 Å². The molecule has 0 saturated carbocycles. The lowest BCUT2D eigenvalue weighted by Gasteiger charge is -2.02. The third-order valence-electron chi connectivity index (χ3n) is 1.90. The van der Waals surface area contributed by atoms with Crippen molar-refractivity contribution in [2.24, 2.45) is 0 Å². The lowest BCUT2D eigenvalue weighted by molar-refractivity contribution is 0.293. The molecule has 1 aromatic rings. The molecule has 0 aromatic carbocycles. The molecule has 5 heteroatoms. The van der Waals surface area contributed by atoms with Gasteiger partial charge in [0.2, 0.25) is 0 Å². The van der Waals surface area contributed by atoms with E-state index in [4.69, 9.17) is 4.74 Å². The highest BCUT2D eigenvalue weighted by atomic mass is 16.6. The first-order valence-electron chi connectivity index (χ1n) is 3.63. The number of aromatic nitrogens is 4. The van der Waals surface area contributed by atoms with Crippen molar-refractivity contribution in [3.63, 3.8) is 0 Å². The Kier molecular flexibility index (Phi) is 1.38. The Morgan fingerprint density at radius 2 is 2.55 bits per heavy atom. The van der Waals surface area contributed by atoms with Gasteiger partial charge in [-0.05, 0) is 23.8 Å². The molecule has 1 fully saturated rings. The third-order valence-corrected chi connectivity index (χ3v) is 1.90. The van der Waals surface area contributed by atoms with Crippen molar-refractivity contribution in [1.82, 2.24) is 20.2 Å². The number of rotatable bonds is 3. The van der Waals surface area contributed by atoms with E-state index >= 15 is 0 Å². The fraction of sp³-hybridized carbons (Fsp3) is 0.833. The first kappa shape index (κ1) is 6.72. The largest absolute Gasteiger partial charge is 0.370 e. The lowest BCUT2D eigenvalue weighted by Crippen LogP contribution is -2.10. The Balaban J connectivity index is 1.83. The summed E-state index contributed by atoms with van der Waals surface area (Å²) in [5.74, 6) is 0. The molecule has 0 bridgehead atoms. The molecule has 2 heterocycles. The summed E-state index contributed by atoms with van der Waals surface area (Å²) in [6.07, 6.45) is 2.60. The van der Waals surface area contributed by atoms with Crippen LogP contribution in [0, 0.1) is 0 Å². The molecule has 1 aromatic heterocycles. The van der Waals surface area contributed by atoms with Gasteiger partial charge in [0.15, 0.2) is 0 Å². The molecule has 1 aliphatic rings. The van der Waals surface area contributed by atoms with Gasteiger partial charge in [-0.15, -0.1) is 5.10 Å². The maximum Gasteiger partial charge on any atom is 0.138 e. The Hall–Kier alpha value is -0.970. The van der Waals surface area contributed by atoms with Gasteiger partial charge in [-0.1, -0.05) is 0 Å². The van der Waals surface area contributed by atoms with Gasteiger partial charge >= 0.3 is 0 Å². The molecule has 1 saturated heterocycles. The van der Waals surface area contributed by atoms with Crippen molar-refractivity contribution >= 4 is 0 Å². The van der Waals surface area contributed by atoms with E-state index in [9.17, 15) is 0 Å². The molecule has 5 nitrogen and oxygen atoms in total. The summed E-state index contributed by atoms with van der Waals surface area (Å²) in [7, 11) is 0. The van der Waals surface area contributed by atoms with Crippen molar-refractivity contribution in [1.29, 1.82) is 0 Å². The summed E-state index contributed by atoms with van der Waals surface area (Å²) in [4.78, 5) is 0. The summed E-state index contributed by atoms with van der Waals surface area (Å²) >= 11 is 0. The van der Waals surface area contributed by atoms with Crippen LogP contribution in [0.5, 0.6) is 0 Å².